The standard InChI is InChI=1S/C16H13F2N5O/c1-8-12(7-10(17)14(19)13(8)18)24-15-9(3-2-5-21-15)11-4-6-22-16(20)23-11/h2-7H,19H2,1H3,(H2,20,22,23). The van der Waals surface area contributed by atoms with Crippen molar-refractivity contribution >= 4 is 11.6 Å². The molecule has 0 aliphatic carbocycles. The maximum atomic E-state index is 13.9. The topological polar surface area (TPSA) is 99.9 Å². The molecule has 24 heavy (non-hydrogen) atoms. The minimum atomic E-state index is -0.906. The number of anilines is 2. The Morgan fingerprint density at radius 1 is 1.08 bits per heavy atom. The smallest absolute Gasteiger partial charge is 0.228 e. The van der Waals surface area contributed by atoms with Crippen LogP contribution in [0.25, 0.3) is 11.3 Å². The molecular formula is C16H13F2N5O. The van der Waals surface area contributed by atoms with Gasteiger partial charge >= 0.3 is 0 Å². The Morgan fingerprint density at radius 2 is 1.88 bits per heavy atom. The summed E-state index contributed by atoms with van der Waals surface area (Å²) in [5, 5.41) is 0. The average Bonchev–Trinajstić information content (AvgIpc) is 2.58. The van der Waals surface area contributed by atoms with Gasteiger partial charge in [-0.05, 0) is 25.1 Å². The van der Waals surface area contributed by atoms with Gasteiger partial charge in [-0.3, -0.25) is 0 Å². The molecule has 0 bridgehead atoms. The number of aromatic nitrogens is 3. The summed E-state index contributed by atoms with van der Waals surface area (Å²) in [4.78, 5) is 12.0. The third kappa shape index (κ3) is 2.81. The molecule has 2 heterocycles. The molecule has 4 N–H and O–H groups in total. The summed E-state index contributed by atoms with van der Waals surface area (Å²) in [6, 6.07) is 6.01. The molecule has 0 fully saturated rings. The van der Waals surface area contributed by atoms with Gasteiger partial charge in [-0.15, -0.1) is 0 Å². The number of ether oxygens (including phenoxy) is 1. The van der Waals surface area contributed by atoms with E-state index in [9.17, 15) is 8.78 Å². The van der Waals surface area contributed by atoms with Crippen molar-refractivity contribution in [3.63, 3.8) is 0 Å². The lowest BCUT2D eigenvalue weighted by molar-refractivity contribution is 0.449. The largest absolute Gasteiger partial charge is 0.438 e. The second-order valence-corrected chi connectivity index (χ2v) is 4.97. The van der Waals surface area contributed by atoms with Gasteiger partial charge in [0.1, 0.15) is 11.4 Å². The molecule has 0 spiro atoms. The second-order valence-electron chi connectivity index (χ2n) is 4.97. The summed E-state index contributed by atoms with van der Waals surface area (Å²) in [7, 11) is 0. The molecule has 0 aliphatic rings. The fourth-order valence-corrected chi connectivity index (χ4v) is 2.12. The lowest BCUT2D eigenvalue weighted by atomic mass is 10.1. The van der Waals surface area contributed by atoms with Gasteiger partial charge in [0, 0.05) is 24.0 Å². The van der Waals surface area contributed by atoms with E-state index in [4.69, 9.17) is 16.2 Å². The van der Waals surface area contributed by atoms with E-state index in [0.717, 1.165) is 6.07 Å². The number of halogens is 2. The Morgan fingerprint density at radius 3 is 2.62 bits per heavy atom. The van der Waals surface area contributed by atoms with Crippen molar-refractivity contribution in [1.29, 1.82) is 0 Å². The molecule has 3 rings (SSSR count). The molecule has 0 amide bonds. The minimum Gasteiger partial charge on any atom is -0.438 e. The Labute approximate surface area is 136 Å². The highest BCUT2D eigenvalue weighted by molar-refractivity contribution is 5.66. The molecular weight excluding hydrogens is 316 g/mol. The van der Waals surface area contributed by atoms with E-state index in [1.165, 1.54) is 19.3 Å². The van der Waals surface area contributed by atoms with Crippen LogP contribution in [0.4, 0.5) is 20.4 Å². The van der Waals surface area contributed by atoms with Crippen LogP contribution in [0.1, 0.15) is 5.56 Å². The zero-order valence-corrected chi connectivity index (χ0v) is 12.6. The van der Waals surface area contributed by atoms with Crippen molar-refractivity contribution in [2.75, 3.05) is 11.5 Å². The Bertz CT molecular complexity index is 917. The zero-order valence-electron chi connectivity index (χ0n) is 12.6. The van der Waals surface area contributed by atoms with Crippen LogP contribution in [0.15, 0.2) is 36.7 Å². The Kier molecular flexibility index (Phi) is 3.95. The maximum absolute atomic E-state index is 13.9. The van der Waals surface area contributed by atoms with Gasteiger partial charge < -0.3 is 16.2 Å². The lowest BCUT2D eigenvalue weighted by Gasteiger charge is -2.13. The summed E-state index contributed by atoms with van der Waals surface area (Å²) in [6.45, 7) is 1.44. The van der Waals surface area contributed by atoms with E-state index in [-0.39, 0.29) is 23.1 Å². The predicted molar refractivity (Wildman–Crippen MR) is 85.3 cm³/mol. The van der Waals surface area contributed by atoms with Crippen LogP contribution in [0, 0.1) is 18.6 Å². The first-order valence-corrected chi connectivity index (χ1v) is 6.93. The number of nitrogens with two attached hydrogens (primary N) is 2. The van der Waals surface area contributed by atoms with E-state index in [2.05, 4.69) is 15.0 Å². The number of rotatable bonds is 3. The number of benzene rings is 1. The highest BCUT2D eigenvalue weighted by Crippen LogP contribution is 2.34. The molecule has 0 unspecified atom stereocenters. The van der Waals surface area contributed by atoms with Crippen LogP contribution in [0.5, 0.6) is 11.6 Å². The van der Waals surface area contributed by atoms with Crippen LogP contribution >= 0.6 is 0 Å². The van der Waals surface area contributed by atoms with Crippen molar-refractivity contribution in [2.45, 2.75) is 6.92 Å². The summed E-state index contributed by atoms with van der Waals surface area (Å²) in [6.07, 6.45) is 2.98. The molecule has 0 saturated heterocycles. The number of nitrogen functional groups attached to an aromatic ring is 2. The summed E-state index contributed by atoms with van der Waals surface area (Å²) < 4.78 is 33.2. The van der Waals surface area contributed by atoms with Crippen LogP contribution in [0.2, 0.25) is 0 Å². The molecule has 0 saturated carbocycles. The monoisotopic (exact) mass is 329 g/mol. The van der Waals surface area contributed by atoms with Gasteiger partial charge in [-0.25, -0.2) is 23.7 Å². The van der Waals surface area contributed by atoms with Crippen molar-refractivity contribution in [2.24, 2.45) is 0 Å². The maximum Gasteiger partial charge on any atom is 0.228 e. The zero-order chi connectivity index (χ0) is 17.3. The molecule has 2 aromatic heterocycles. The SMILES string of the molecule is Cc1c(Oc2ncccc2-c2ccnc(N)n2)cc(F)c(N)c1F. The first-order chi connectivity index (χ1) is 11.5. The van der Waals surface area contributed by atoms with Crippen LogP contribution < -0.4 is 16.2 Å². The number of pyridine rings is 1. The van der Waals surface area contributed by atoms with Crippen molar-refractivity contribution in [3.05, 3.63) is 53.9 Å². The van der Waals surface area contributed by atoms with Crippen LogP contribution in [-0.2, 0) is 0 Å². The van der Waals surface area contributed by atoms with E-state index < -0.39 is 17.3 Å². The molecule has 0 atom stereocenters. The molecule has 1 aromatic carbocycles. The van der Waals surface area contributed by atoms with E-state index in [1.54, 1.807) is 18.2 Å². The molecule has 0 radical (unpaired) electrons. The predicted octanol–water partition coefficient (Wildman–Crippen LogP) is 3.08. The molecule has 122 valence electrons. The summed E-state index contributed by atoms with van der Waals surface area (Å²) in [5.41, 5.74) is 11.4. The highest BCUT2D eigenvalue weighted by Gasteiger charge is 2.17. The summed E-state index contributed by atoms with van der Waals surface area (Å²) >= 11 is 0. The van der Waals surface area contributed by atoms with Crippen molar-refractivity contribution < 1.29 is 13.5 Å². The first-order valence-electron chi connectivity index (χ1n) is 6.93. The normalized spacial score (nSPS) is 10.6. The van der Waals surface area contributed by atoms with E-state index in [1.807, 2.05) is 0 Å². The first kappa shape index (κ1) is 15.6. The van der Waals surface area contributed by atoms with Gasteiger partial charge in [-0.1, -0.05) is 0 Å². The molecule has 8 heteroatoms. The number of hydrogen-bond acceptors (Lipinski definition) is 6. The minimum absolute atomic E-state index is 0.0267. The molecule has 6 nitrogen and oxygen atoms in total. The second kappa shape index (κ2) is 6.07. The molecule has 0 aliphatic heterocycles. The van der Waals surface area contributed by atoms with Gasteiger partial charge in [-0.2, -0.15) is 0 Å². The third-order valence-corrected chi connectivity index (χ3v) is 3.38. The van der Waals surface area contributed by atoms with Crippen LogP contribution in [0.3, 0.4) is 0 Å². The Balaban J connectivity index is 2.07. The van der Waals surface area contributed by atoms with Gasteiger partial charge in [0.05, 0.1) is 11.3 Å². The van der Waals surface area contributed by atoms with Crippen LogP contribution in [-0.4, -0.2) is 15.0 Å². The van der Waals surface area contributed by atoms with Gasteiger partial charge in [0.2, 0.25) is 11.8 Å². The summed E-state index contributed by atoms with van der Waals surface area (Å²) in [5.74, 6) is -1.59. The van der Waals surface area contributed by atoms with Gasteiger partial charge in [0.25, 0.3) is 0 Å². The lowest BCUT2D eigenvalue weighted by Crippen LogP contribution is -2.02. The van der Waals surface area contributed by atoms with E-state index in [0.29, 0.717) is 11.3 Å². The Hall–Kier alpha value is -3.29. The van der Waals surface area contributed by atoms with Gasteiger partial charge in [0.15, 0.2) is 11.6 Å². The van der Waals surface area contributed by atoms with Crippen molar-refractivity contribution in [1.82, 2.24) is 15.0 Å². The number of hydrogen-bond donors (Lipinski definition) is 2. The quantitative estimate of drug-likeness (QED) is 0.716. The fourth-order valence-electron chi connectivity index (χ4n) is 2.12. The molecule has 3 aromatic rings. The number of nitrogens with zero attached hydrogens (tertiary/aromatic N) is 3. The highest BCUT2D eigenvalue weighted by atomic mass is 19.1. The fraction of sp³-hybridized carbons (Fsp3) is 0.0625. The third-order valence-electron chi connectivity index (χ3n) is 3.38. The van der Waals surface area contributed by atoms with Crippen molar-refractivity contribution in [3.8, 4) is 22.9 Å². The van der Waals surface area contributed by atoms with E-state index >= 15 is 0 Å². The average molecular weight is 329 g/mol.